The Hall–Kier alpha value is -0.160. The monoisotopic (exact) mass is 430 g/mol. The van der Waals surface area contributed by atoms with Gasteiger partial charge in [0.1, 0.15) is 0 Å². The largest absolute Gasteiger partial charge is 0.379 e. The fourth-order valence-corrected chi connectivity index (χ4v) is 9.83. The Morgan fingerprint density at radius 2 is 1.32 bits per heavy atom. The van der Waals surface area contributed by atoms with Crippen molar-refractivity contribution in [2.45, 2.75) is 83.7 Å². The molecule has 0 aromatic rings. The minimum absolute atomic E-state index is 0.586. The number of rotatable bonds is 2. The predicted octanol–water partition coefficient (Wildman–Crippen LogP) is 4.43. The first kappa shape index (κ1) is 21.4. The van der Waals surface area contributed by atoms with Crippen LogP contribution in [0.5, 0.6) is 0 Å². The molecule has 2 heterocycles. The molecule has 6 aliphatic rings. The first-order valence-corrected chi connectivity index (χ1v) is 13.7. The summed E-state index contributed by atoms with van der Waals surface area (Å²) in [6.07, 6.45) is 13.4. The van der Waals surface area contributed by atoms with Crippen molar-refractivity contribution in [3.05, 3.63) is 0 Å². The van der Waals surface area contributed by atoms with Crippen molar-refractivity contribution >= 4 is 0 Å². The number of hydrogen-bond acceptors (Lipinski definition) is 4. The summed E-state index contributed by atoms with van der Waals surface area (Å²) in [5, 5.41) is 0. The number of hydrogen-bond donors (Lipinski definition) is 0. The fourth-order valence-electron chi connectivity index (χ4n) is 9.83. The van der Waals surface area contributed by atoms with Gasteiger partial charge in [-0.1, -0.05) is 13.8 Å². The lowest BCUT2D eigenvalue weighted by atomic mass is 9.45. The molecule has 4 saturated carbocycles. The molecule has 6 rings (SSSR count). The van der Waals surface area contributed by atoms with Gasteiger partial charge >= 0.3 is 0 Å². The average Bonchev–Trinajstić information content (AvgIpc) is 3.17. The molecular formula is C27H46N2O2. The lowest BCUT2D eigenvalue weighted by Crippen LogP contribution is -2.56. The maximum atomic E-state index is 5.67. The normalized spacial score (nSPS) is 51.7. The van der Waals surface area contributed by atoms with E-state index < -0.39 is 0 Å². The molecule has 3 unspecified atom stereocenters. The van der Waals surface area contributed by atoms with Gasteiger partial charge in [-0.15, -0.1) is 0 Å². The van der Waals surface area contributed by atoms with Gasteiger partial charge in [-0.25, -0.2) is 0 Å². The van der Waals surface area contributed by atoms with E-state index in [1.54, 1.807) is 0 Å². The van der Waals surface area contributed by atoms with Crippen molar-refractivity contribution in [2.75, 3.05) is 52.6 Å². The highest BCUT2D eigenvalue weighted by atomic mass is 16.5. The van der Waals surface area contributed by atoms with Gasteiger partial charge in [-0.05, 0) is 92.3 Å². The van der Waals surface area contributed by atoms with E-state index in [4.69, 9.17) is 9.47 Å². The first-order chi connectivity index (χ1) is 15.1. The molecule has 0 aromatic carbocycles. The highest BCUT2D eigenvalue weighted by Gasteiger charge is 2.60. The van der Waals surface area contributed by atoms with E-state index in [1.807, 2.05) is 0 Å². The Balaban J connectivity index is 1.20. The lowest BCUT2D eigenvalue weighted by molar-refractivity contribution is -0.122. The van der Waals surface area contributed by atoms with Crippen LogP contribution < -0.4 is 0 Å². The summed E-state index contributed by atoms with van der Waals surface area (Å²) in [5.41, 5.74) is 1.19. The molecule has 0 aromatic heterocycles. The summed E-state index contributed by atoms with van der Waals surface area (Å²) in [6, 6.07) is 1.65. The summed E-state index contributed by atoms with van der Waals surface area (Å²) in [5.74, 6) is 3.94. The Labute approximate surface area is 190 Å². The van der Waals surface area contributed by atoms with Crippen molar-refractivity contribution in [3.8, 4) is 0 Å². The summed E-state index contributed by atoms with van der Waals surface area (Å²) >= 11 is 0. The molecule has 31 heavy (non-hydrogen) atoms. The van der Waals surface area contributed by atoms with Gasteiger partial charge in [-0.2, -0.15) is 0 Å². The highest BCUT2D eigenvalue weighted by Crippen LogP contribution is 2.66. The Morgan fingerprint density at radius 3 is 2.03 bits per heavy atom. The van der Waals surface area contributed by atoms with Crippen LogP contribution in [-0.2, 0) is 9.47 Å². The fraction of sp³-hybridized carbons (Fsp3) is 1.00. The van der Waals surface area contributed by atoms with Crippen molar-refractivity contribution in [1.29, 1.82) is 0 Å². The molecule has 8 atom stereocenters. The SMILES string of the molecule is C[C@]12CC[C@@H]3[C@@H](CCC4CCC(N5CCOCC5)C[C@@]43C)[C@@H]1CC(N1CCOCC1)C2. The Morgan fingerprint density at radius 1 is 0.677 bits per heavy atom. The van der Waals surface area contributed by atoms with Crippen LogP contribution >= 0.6 is 0 Å². The van der Waals surface area contributed by atoms with E-state index in [0.29, 0.717) is 10.8 Å². The maximum absolute atomic E-state index is 5.67. The van der Waals surface area contributed by atoms with Gasteiger partial charge in [0.15, 0.2) is 0 Å². The van der Waals surface area contributed by atoms with E-state index in [-0.39, 0.29) is 0 Å². The van der Waals surface area contributed by atoms with Crippen LogP contribution in [-0.4, -0.2) is 74.5 Å². The van der Waals surface area contributed by atoms with Gasteiger partial charge < -0.3 is 9.47 Å². The van der Waals surface area contributed by atoms with E-state index in [2.05, 4.69) is 23.6 Å². The molecule has 6 fully saturated rings. The summed E-state index contributed by atoms with van der Waals surface area (Å²) in [6.45, 7) is 13.9. The highest BCUT2D eigenvalue weighted by molar-refractivity contribution is 5.10. The van der Waals surface area contributed by atoms with Crippen molar-refractivity contribution in [2.24, 2.45) is 34.5 Å². The molecule has 0 radical (unpaired) electrons. The molecule has 4 aliphatic carbocycles. The number of fused-ring (bicyclic) bond motifs is 5. The quantitative estimate of drug-likeness (QED) is 0.647. The van der Waals surface area contributed by atoms with Gasteiger partial charge in [-0.3, -0.25) is 9.80 Å². The van der Waals surface area contributed by atoms with Gasteiger partial charge in [0.05, 0.1) is 26.4 Å². The van der Waals surface area contributed by atoms with Crippen LogP contribution in [0.25, 0.3) is 0 Å². The van der Waals surface area contributed by atoms with Gasteiger partial charge in [0, 0.05) is 38.3 Å². The topological polar surface area (TPSA) is 24.9 Å². The summed E-state index contributed by atoms with van der Waals surface area (Å²) in [4.78, 5) is 5.59. The van der Waals surface area contributed by atoms with Crippen LogP contribution in [0.4, 0.5) is 0 Å². The van der Waals surface area contributed by atoms with Crippen molar-refractivity contribution < 1.29 is 9.47 Å². The number of nitrogens with zero attached hydrogens (tertiary/aromatic N) is 2. The first-order valence-electron chi connectivity index (χ1n) is 13.7. The smallest absolute Gasteiger partial charge is 0.0594 e. The van der Waals surface area contributed by atoms with Gasteiger partial charge in [0.2, 0.25) is 0 Å². The van der Waals surface area contributed by atoms with Crippen molar-refractivity contribution in [1.82, 2.24) is 9.80 Å². The van der Waals surface area contributed by atoms with E-state index >= 15 is 0 Å². The molecule has 0 spiro atoms. The van der Waals surface area contributed by atoms with E-state index in [1.165, 1.54) is 84.0 Å². The minimum atomic E-state index is 0.586. The summed E-state index contributed by atoms with van der Waals surface area (Å²) < 4.78 is 11.3. The lowest BCUT2D eigenvalue weighted by Gasteiger charge is -2.61. The molecular weight excluding hydrogens is 384 g/mol. The van der Waals surface area contributed by atoms with E-state index in [9.17, 15) is 0 Å². The maximum Gasteiger partial charge on any atom is 0.0594 e. The van der Waals surface area contributed by atoms with Crippen LogP contribution in [0, 0.1) is 34.5 Å². The van der Waals surface area contributed by atoms with Crippen LogP contribution in [0.1, 0.15) is 71.6 Å². The second-order valence-electron chi connectivity index (χ2n) is 12.7. The molecule has 0 amide bonds. The van der Waals surface area contributed by atoms with E-state index in [0.717, 1.165) is 62.2 Å². The molecule has 4 heteroatoms. The minimum Gasteiger partial charge on any atom is -0.379 e. The third-order valence-electron chi connectivity index (χ3n) is 11.5. The van der Waals surface area contributed by atoms with Crippen LogP contribution in [0.2, 0.25) is 0 Å². The Kier molecular flexibility index (Phi) is 5.69. The zero-order valence-corrected chi connectivity index (χ0v) is 20.2. The number of morpholine rings is 2. The third kappa shape index (κ3) is 3.63. The van der Waals surface area contributed by atoms with Crippen LogP contribution in [0.3, 0.4) is 0 Å². The number of ether oxygens (including phenoxy) is 2. The molecule has 4 nitrogen and oxygen atoms in total. The second-order valence-corrected chi connectivity index (χ2v) is 12.7. The average molecular weight is 431 g/mol. The summed E-state index contributed by atoms with van der Waals surface area (Å²) in [7, 11) is 0. The zero-order valence-electron chi connectivity index (χ0n) is 20.2. The standard InChI is InChI=1S/C27H46N2O2/c1-26-8-7-24-23(25(26)17-22(18-26)29-11-15-31-16-12-29)6-4-20-3-5-21(19-27(20,24)2)28-9-13-30-14-10-28/h20-25H,3-19H2,1-2H3/t20?,21?,22?,23-,24-,25+,26-,27+/m1/s1. The molecule has 0 bridgehead atoms. The predicted molar refractivity (Wildman–Crippen MR) is 124 cm³/mol. The van der Waals surface area contributed by atoms with Crippen molar-refractivity contribution in [3.63, 3.8) is 0 Å². The molecule has 2 aliphatic heterocycles. The third-order valence-corrected chi connectivity index (χ3v) is 11.5. The second kappa shape index (κ2) is 8.25. The molecule has 0 N–H and O–H groups in total. The molecule has 2 saturated heterocycles. The van der Waals surface area contributed by atoms with Gasteiger partial charge in [0.25, 0.3) is 0 Å². The van der Waals surface area contributed by atoms with Crippen LogP contribution in [0.15, 0.2) is 0 Å². The molecule has 176 valence electrons. The zero-order chi connectivity index (χ0) is 21.1. The Bertz CT molecular complexity index is 645.